The van der Waals surface area contributed by atoms with Crippen LogP contribution in [0.2, 0.25) is 0 Å². The van der Waals surface area contributed by atoms with Gasteiger partial charge in [-0.05, 0) is 17.5 Å². The second-order valence-corrected chi connectivity index (χ2v) is 3.55. The normalized spacial score (nSPS) is 27.5. The molecule has 1 rings (SSSR count). The number of halogens is 3. The summed E-state index contributed by atoms with van der Waals surface area (Å²) in [5.74, 6) is -1.42. The number of carbonyl (C=O) groups excluding carboxylic acids is 1. The maximum absolute atomic E-state index is 12.4. The first-order valence-electron chi connectivity index (χ1n) is 4.69. The summed E-state index contributed by atoms with van der Waals surface area (Å²) in [7, 11) is 0. The van der Waals surface area contributed by atoms with E-state index in [0.717, 1.165) is 0 Å². The number of hydrogen-bond donors (Lipinski definition) is 1. The summed E-state index contributed by atoms with van der Waals surface area (Å²) in [6.45, 7) is -3.04. The lowest BCUT2D eigenvalue weighted by atomic mass is 10.1. The highest BCUT2D eigenvalue weighted by Crippen LogP contribution is 2.32. The molecule has 0 aromatic heterocycles. The SMILES string of the molecule is [2H]C([2H])(O)N1C[C@@H](CC(F)(F)Cl)CC1=O. The van der Waals surface area contributed by atoms with Gasteiger partial charge in [0.25, 0.3) is 0 Å². The Morgan fingerprint density at radius 1 is 1.85 bits per heavy atom. The number of carbonyl (C=O) groups is 1. The predicted molar refractivity (Wildman–Crippen MR) is 42.3 cm³/mol. The van der Waals surface area contributed by atoms with E-state index in [1.807, 2.05) is 0 Å². The molecule has 0 aromatic carbocycles. The van der Waals surface area contributed by atoms with Gasteiger partial charge in [0.15, 0.2) is 0 Å². The van der Waals surface area contributed by atoms with Crippen molar-refractivity contribution in [3.8, 4) is 0 Å². The molecule has 1 N–H and O–H groups in total. The molecule has 0 spiro atoms. The van der Waals surface area contributed by atoms with Crippen LogP contribution in [0.4, 0.5) is 8.78 Å². The molecule has 6 heteroatoms. The van der Waals surface area contributed by atoms with Crippen LogP contribution >= 0.6 is 11.6 Å². The molecule has 0 saturated carbocycles. The van der Waals surface area contributed by atoms with Gasteiger partial charge in [-0.15, -0.1) is 0 Å². The number of amides is 1. The van der Waals surface area contributed by atoms with E-state index >= 15 is 0 Å². The number of rotatable bonds is 3. The van der Waals surface area contributed by atoms with Gasteiger partial charge in [-0.25, -0.2) is 0 Å². The van der Waals surface area contributed by atoms with Crippen molar-refractivity contribution in [2.75, 3.05) is 13.2 Å². The van der Waals surface area contributed by atoms with Gasteiger partial charge in [-0.1, -0.05) is 0 Å². The second kappa shape index (κ2) is 3.75. The maximum atomic E-state index is 12.4. The van der Waals surface area contributed by atoms with Crippen molar-refractivity contribution < 1.29 is 21.4 Å². The fourth-order valence-corrected chi connectivity index (χ4v) is 1.56. The monoisotopic (exact) mass is 215 g/mol. The third kappa shape index (κ3) is 3.08. The molecule has 1 saturated heterocycles. The molecule has 0 unspecified atom stereocenters. The Hall–Kier alpha value is -0.420. The molecule has 0 radical (unpaired) electrons. The summed E-state index contributed by atoms with van der Waals surface area (Å²) in [4.78, 5) is 11.7. The molecule has 0 aromatic rings. The molecule has 0 bridgehead atoms. The zero-order chi connectivity index (χ0) is 11.9. The average Bonchev–Trinajstić information content (AvgIpc) is 2.25. The van der Waals surface area contributed by atoms with Crippen molar-refractivity contribution in [1.82, 2.24) is 4.90 Å². The van der Waals surface area contributed by atoms with Crippen LogP contribution < -0.4 is 0 Å². The van der Waals surface area contributed by atoms with Crippen LogP contribution in [0, 0.1) is 5.92 Å². The first-order chi connectivity index (χ1) is 6.59. The van der Waals surface area contributed by atoms with Crippen LogP contribution in [0.15, 0.2) is 0 Å². The van der Waals surface area contributed by atoms with E-state index < -0.39 is 30.3 Å². The number of alkyl halides is 3. The molecular formula is C7H10ClF2NO2. The molecule has 1 aliphatic rings. The highest BCUT2D eigenvalue weighted by Gasteiger charge is 2.36. The molecule has 3 nitrogen and oxygen atoms in total. The Labute approximate surface area is 82.1 Å². The van der Waals surface area contributed by atoms with Gasteiger partial charge < -0.3 is 10.0 Å². The largest absolute Gasteiger partial charge is 0.376 e. The lowest BCUT2D eigenvalue weighted by Gasteiger charge is -2.14. The standard InChI is InChI=1S/C7H10ClF2NO2/c8-7(9,10)2-5-1-6(13)11(3-5)4-12/h5,12H,1-4H2/t5-/m1/s1/i4D2. The van der Waals surface area contributed by atoms with Crippen LogP contribution in [0.3, 0.4) is 0 Å². The molecule has 0 aliphatic carbocycles. The fraction of sp³-hybridized carbons (Fsp3) is 0.857. The van der Waals surface area contributed by atoms with Gasteiger partial charge >= 0.3 is 5.38 Å². The number of hydrogen-bond acceptors (Lipinski definition) is 2. The van der Waals surface area contributed by atoms with Crippen LogP contribution in [0.1, 0.15) is 15.6 Å². The minimum Gasteiger partial charge on any atom is -0.376 e. The Morgan fingerprint density at radius 2 is 2.46 bits per heavy atom. The Balaban J connectivity index is 2.61. The van der Waals surface area contributed by atoms with Crippen LogP contribution in [0.25, 0.3) is 0 Å². The minimum atomic E-state index is -3.40. The molecule has 1 fully saturated rings. The number of likely N-dealkylation sites (tertiary alicyclic amines) is 1. The van der Waals surface area contributed by atoms with Crippen molar-refractivity contribution in [2.45, 2.75) is 18.2 Å². The smallest absolute Gasteiger partial charge is 0.322 e. The molecule has 1 aliphatic heterocycles. The van der Waals surface area contributed by atoms with Gasteiger partial charge in [0.05, 0.1) is 2.74 Å². The average molecular weight is 216 g/mol. The third-order valence-corrected chi connectivity index (χ3v) is 2.00. The fourth-order valence-electron chi connectivity index (χ4n) is 1.34. The molecule has 76 valence electrons. The highest BCUT2D eigenvalue weighted by atomic mass is 35.5. The Morgan fingerprint density at radius 3 is 2.85 bits per heavy atom. The predicted octanol–water partition coefficient (Wildman–Crippen LogP) is 1.01. The summed E-state index contributed by atoms with van der Waals surface area (Å²) >= 11 is 4.70. The van der Waals surface area contributed by atoms with Crippen molar-refractivity contribution in [3.05, 3.63) is 0 Å². The van der Waals surface area contributed by atoms with E-state index in [0.29, 0.717) is 4.90 Å². The molecule has 1 amide bonds. The lowest BCUT2D eigenvalue weighted by molar-refractivity contribution is -0.130. The number of aliphatic hydroxyl groups is 1. The van der Waals surface area contributed by atoms with Gasteiger partial charge in [0.1, 0.15) is 6.68 Å². The van der Waals surface area contributed by atoms with E-state index in [-0.39, 0.29) is 13.0 Å². The van der Waals surface area contributed by atoms with E-state index in [1.165, 1.54) is 0 Å². The summed E-state index contributed by atoms with van der Waals surface area (Å²) in [5, 5.41) is 5.52. The van der Waals surface area contributed by atoms with Crippen LogP contribution in [0.5, 0.6) is 0 Å². The zero-order valence-electron chi connectivity index (χ0n) is 8.64. The van der Waals surface area contributed by atoms with Crippen molar-refractivity contribution in [3.63, 3.8) is 0 Å². The van der Waals surface area contributed by atoms with Gasteiger partial charge in [-0.3, -0.25) is 4.79 Å². The first kappa shape index (κ1) is 7.94. The Kier molecular flexibility index (Phi) is 2.29. The minimum absolute atomic E-state index is 0.220. The first-order valence-corrected chi connectivity index (χ1v) is 4.07. The van der Waals surface area contributed by atoms with E-state index in [4.69, 9.17) is 19.4 Å². The van der Waals surface area contributed by atoms with Crippen LogP contribution in [-0.4, -0.2) is 34.5 Å². The molecule has 1 atom stereocenters. The summed E-state index contributed by atoms with van der Waals surface area (Å²) < 4.78 is 38.6. The van der Waals surface area contributed by atoms with E-state index in [1.54, 1.807) is 0 Å². The molecular weight excluding hydrogens is 204 g/mol. The third-order valence-electron chi connectivity index (χ3n) is 1.85. The summed E-state index contributed by atoms with van der Waals surface area (Å²) in [6.07, 6.45) is -0.921. The van der Waals surface area contributed by atoms with Crippen molar-refractivity contribution in [1.29, 1.82) is 0 Å². The lowest BCUT2D eigenvalue weighted by Crippen LogP contribution is -2.26. The summed E-state index contributed by atoms with van der Waals surface area (Å²) in [6, 6.07) is 0. The van der Waals surface area contributed by atoms with E-state index in [2.05, 4.69) is 0 Å². The van der Waals surface area contributed by atoms with Crippen molar-refractivity contribution >= 4 is 17.5 Å². The topological polar surface area (TPSA) is 40.5 Å². The van der Waals surface area contributed by atoms with Gasteiger partial charge in [-0.2, -0.15) is 8.78 Å². The molecule has 1 heterocycles. The van der Waals surface area contributed by atoms with Gasteiger partial charge in [0.2, 0.25) is 5.91 Å². The number of nitrogens with zero attached hydrogens (tertiary/aromatic N) is 1. The quantitative estimate of drug-likeness (QED) is 0.714. The summed E-state index contributed by atoms with van der Waals surface area (Å²) in [5.41, 5.74) is 0. The Bertz CT molecular complexity index is 267. The van der Waals surface area contributed by atoms with Crippen molar-refractivity contribution in [2.24, 2.45) is 5.92 Å². The maximum Gasteiger partial charge on any atom is 0.322 e. The van der Waals surface area contributed by atoms with Gasteiger partial charge in [0, 0.05) is 19.4 Å². The van der Waals surface area contributed by atoms with E-state index in [9.17, 15) is 13.6 Å². The highest BCUT2D eigenvalue weighted by molar-refractivity contribution is 6.21. The molecule has 13 heavy (non-hydrogen) atoms. The zero-order valence-corrected chi connectivity index (χ0v) is 7.39. The van der Waals surface area contributed by atoms with Crippen LogP contribution in [-0.2, 0) is 4.79 Å². The second-order valence-electron chi connectivity index (χ2n) is 2.99.